The molecule has 0 radical (unpaired) electrons. The monoisotopic (exact) mass is 238 g/mol. The normalized spacial score (nSPS) is 4.00. The van der Waals surface area contributed by atoms with Crippen molar-refractivity contribution in [2.45, 2.75) is 0 Å². The van der Waals surface area contributed by atoms with Crippen molar-refractivity contribution in [2.75, 3.05) is 0 Å². The minimum atomic E-state index is -1.83. The van der Waals surface area contributed by atoms with Gasteiger partial charge in [-0.2, -0.15) is 0 Å². The average molecular weight is 238 g/mol. The molecule has 0 amide bonds. The van der Waals surface area contributed by atoms with Gasteiger partial charge in [-0.3, -0.25) is 0 Å². The van der Waals surface area contributed by atoms with Gasteiger partial charge in [0.25, 0.3) is 0 Å². The maximum atomic E-state index is 8.56. The minimum absolute atomic E-state index is 0. The third kappa shape index (κ3) is 68.4. The molecule has 0 fully saturated rings. The summed E-state index contributed by atoms with van der Waals surface area (Å²) < 4.78 is 0. The van der Waals surface area contributed by atoms with E-state index in [-0.39, 0.29) is 61.3 Å². The third-order valence-corrected chi connectivity index (χ3v) is 0. The molecule has 2 N–H and O–H groups in total. The van der Waals surface area contributed by atoms with Gasteiger partial charge in [-0.1, -0.05) is 0 Å². The van der Waals surface area contributed by atoms with Crippen LogP contribution in [0.2, 0.25) is 0 Å². The molecule has 5 heteroatoms. The van der Waals surface area contributed by atoms with E-state index in [0.29, 0.717) is 0 Å². The SMILES string of the molecule is Cl.O=C(O)O.[BaH2]. The van der Waals surface area contributed by atoms with E-state index in [1.165, 1.54) is 0 Å². The number of hydrogen-bond acceptors (Lipinski definition) is 1. The molecule has 0 rings (SSSR count). The molecular weight excluding hydrogens is 233 g/mol. The van der Waals surface area contributed by atoms with Crippen molar-refractivity contribution < 1.29 is 15.0 Å². The van der Waals surface area contributed by atoms with E-state index in [2.05, 4.69) is 0 Å². The maximum absolute atomic E-state index is 8.56. The van der Waals surface area contributed by atoms with Gasteiger partial charge in [0.1, 0.15) is 0 Å². The van der Waals surface area contributed by atoms with E-state index >= 15 is 0 Å². The molecule has 0 atom stereocenters. The van der Waals surface area contributed by atoms with Crippen molar-refractivity contribution in [3.63, 3.8) is 0 Å². The Morgan fingerprint density at radius 1 is 1.33 bits per heavy atom. The van der Waals surface area contributed by atoms with E-state index in [1.54, 1.807) is 0 Å². The van der Waals surface area contributed by atoms with Crippen LogP contribution in [-0.4, -0.2) is 65.2 Å². The molecule has 0 saturated carbocycles. The molecule has 6 heavy (non-hydrogen) atoms. The second-order valence-electron chi connectivity index (χ2n) is 0.283. The Labute approximate surface area is 81.2 Å². The van der Waals surface area contributed by atoms with Crippen LogP contribution in [0.4, 0.5) is 4.79 Å². The number of carbonyl (C=O) groups is 1. The van der Waals surface area contributed by atoms with Crippen molar-refractivity contribution in [2.24, 2.45) is 0 Å². The standard InChI is InChI=1S/CH2O3.Ba.ClH.2H/c2-1(3)4;;;;/h(H2,2,3,4);;1H;;. The predicted octanol–water partition coefficient (Wildman–Crippen LogP) is -0.272. The van der Waals surface area contributed by atoms with Gasteiger partial charge in [-0.15, -0.1) is 12.4 Å². The fourth-order valence-electron chi connectivity index (χ4n) is 0. The van der Waals surface area contributed by atoms with Crippen LogP contribution < -0.4 is 0 Å². The van der Waals surface area contributed by atoms with Crippen LogP contribution >= 0.6 is 12.4 Å². The van der Waals surface area contributed by atoms with Gasteiger partial charge in [0, 0.05) is 0 Å². The fraction of sp³-hybridized carbons (Fsp3) is 0. The van der Waals surface area contributed by atoms with E-state index in [9.17, 15) is 0 Å². The van der Waals surface area contributed by atoms with E-state index in [4.69, 9.17) is 15.0 Å². The molecule has 0 aromatic carbocycles. The van der Waals surface area contributed by atoms with Gasteiger partial charge in [-0.25, -0.2) is 4.79 Å². The molecule has 3 nitrogen and oxygen atoms in total. The number of halogens is 1. The summed E-state index contributed by atoms with van der Waals surface area (Å²) in [6, 6.07) is 0. The number of hydrogen-bond donors (Lipinski definition) is 2. The van der Waals surface area contributed by atoms with Gasteiger partial charge in [-0.05, 0) is 0 Å². The zero-order chi connectivity index (χ0) is 3.58. The summed E-state index contributed by atoms with van der Waals surface area (Å²) in [5.74, 6) is 0. The quantitative estimate of drug-likeness (QED) is 0.571. The van der Waals surface area contributed by atoms with E-state index in [0.717, 1.165) is 0 Å². The first kappa shape index (κ1) is 15.7. The molecule has 0 spiro atoms. The first-order chi connectivity index (χ1) is 1.73. The molecule has 0 bridgehead atoms. The average Bonchev–Trinajstić information content (AvgIpc) is 0.811. The van der Waals surface area contributed by atoms with Gasteiger partial charge < -0.3 is 10.2 Å². The summed E-state index contributed by atoms with van der Waals surface area (Å²) in [4.78, 5) is 8.56. The number of carboxylic acid groups (broad SMARTS) is 2. The Kier molecular flexibility index (Phi) is 24.8. The van der Waals surface area contributed by atoms with Crippen molar-refractivity contribution in [1.82, 2.24) is 0 Å². The van der Waals surface area contributed by atoms with Crippen molar-refractivity contribution in [3.8, 4) is 0 Å². The third-order valence-electron chi connectivity index (χ3n) is 0. The zero-order valence-electron chi connectivity index (χ0n) is 2.21. The first-order valence-corrected chi connectivity index (χ1v) is 0.651. The summed E-state index contributed by atoms with van der Waals surface area (Å²) in [7, 11) is 0. The zero-order valence-corrected chi connectivity index (χ0v) is 3.03. The molecule has 0 saturated heterocycles. The van der Waals surface area contributed by atoms with Crippen LogP contribution in [0, 0.1) is 0 Å². The molecule has 0 heterocycles. The van der Waals surface area contributed by atoms with Crippen molar-refractivity contribution >= 4 is 67.4 Å². The van der Waals surface area contributed by atoms with Crippen LogP contribution in [0.25, 0.3) is 0 Å². The van der Waals surface area contributed by atoms with Crippen LogP contribution in [0.15, 0.2) is 0 Å². The Hall–Kier alpha value is 1.13. The molecule has 36 valence electrons. The molecule has 0 aromatic rings. The summed E-state index contributed by atoms with van der Waals surface area (Å²) in [6.45, 7) is 0. The molecule has 0 aliphatic rings. The second kappa shape index (κ2) is 9.46. The Balaban J connectivity index is -0.0000000450. The van der Waals surface area contributed by atoms with Gasteiger partial charge in [0.15, 0.2) is 0 Å². The Morgan fingerprint density at radius 3 is 1.33 bits per heavy atom. The molecule has 0 aliphatic heterocycles. The van der Waals surface area contributed by atoms with Crippen LogP contribution in [0.1, 0.15) is 0 Å². The van der Waals surface area contributed by atoms with E-state index < -0.39 is 6.16 Å². The number of rotatable bonds is 0. The molecule has 0 unspecified atom stereocenters. The molecular formula is CH5BaClO3. The molecule has 0 aromatic heterocycles. The topological polar surface area (TPSA) is 57.5 Å². The molecule has 0 aliphatic carbocycles. The van der Waals surface area contributed by atoms with Gasteiger partial charge >= 0.3 is 55.0 Å². The Morgan fingerprint density at radius 2 is 1.33 bits per heavy atom. The van der Waals surface area contributed by atoms with Gasteiger partial charge in [0.05, 0.1) is 0 Å². The summed E-state index contributed by atoms with van der Waals surface area (Å²) in [5.41, 5.74) is 0. The van der Waals surface area contributed by atoms with Gasteiger partial charge in [0.2, 0.25) is 0 Å². The predicted molar refractivity (Wildman–Crippen MR) is 26.4 cm³/mol. The Bertz CT molecular complexity index is 33.8. The summed E-state index contributed by atoms with van der Waals surface area (Å²) in [6.07, 6.45) is -1.83. The van der Waals surface area contributed by atoms with Crippen LogP contribution in [0.3, 0.4) is 0 Å². The van der Waals surface area contributed by atoms with E-state index in [1.807, 2.05) is 0 Å². The summed E-state index contributed by atoms with van der Waals surface area (Å²) >= 11 is 0. The second-order valence-corrected chi connectivity index (χ2v) is 0.283. The van der Waals surface area contributed by atoms with Crippen LogP contribution in [0.5, 0.6) is 0 Å². The van der Waals surface area contributed by atoms with Crippen molar-refractivity contribution in [3.05, 3.63) is 0 Å². The first-order valence-electron chi connectivity index (χ1n) is 0.651. The summed E-state index contributed by atoms with van der Waals surface area (Å²) in [5, 5.41) is 13.9. The fourth-order valence-corrected chi connectivity index (χ4v) is 0. The van der Waals surface area contributed by atoms with Crippen molar-refractivity contribution in [1.29, 1.82) is 0 Å². The van der Waals surface area contributed by atoms with Crippen LogP contribution in [-0.2, 0) is 0 Å².